The van der Waals surface area contributed by atoms with E-state index in [9.17, 15) is 4.79 Å². The van der Waals surface area contributed by atoms with Gasteiger partial charge in [0.1, 0.15) is 0 Å². The lowest BCUT2D eigenvalue weighted by molar-refractivity contribution is -0.119. The van der Waals surface area contributed by atoms with Gasteiger partial charge >= 0.3 is 0 Å². The number of fused-ring (bicyclic) bond motifs is 1. The van der Waals surface area contributed by atoms with E-state index < -0.39 is 0 Å². The highest BCUT2D eigenvalue weighted by atomic mass is 79.9. The maximum Gasteiger partial charge on any atom is 0.248 e. The number of hydrogen-bond donors (Lipinski definition) is 2. The number of halogens is 1. The molecular weight excluding hydrogens is 400 g/mol. The third-order valence-corrected chi connectivity index (χ3v) is 5.13. The van der Waals surface area contributed by atoms with E-state index in [2.05, 4.69) is 38.3 Å². The molecule has 2 N–H and O–H groups in total. The molecule has 5 nitrogen and oxygen atoms in total. The van der Waals surface area contributed by atoms with Crippen molar-refractivity contribution < 1.29 is 4.79 Å². The summed E-state index contributed by atoms with van der Waals surface area (Å²) in [7, 11) is 1.95. The number of hydrogen-bond acceptors (Lipinski definition) is 4. The highest BCUT2D eigenvalue weighted by Crippen LogP contribution is 2.22. The Kier molecular flexibility index (Phi) is 5.45. The van der Waals surface area contributed by atoms with Gasteiger partial charge in [-0.2, -0.15) is 0 Å². The zero-order chi connectivity index (χ0) is 17.8. The van der Waals surface area contributed by atoms with Gasteiger partial charge in [0.15, 0.2) is 5.16 Å². The van der Waals surface area contributed by atoms with Gasteiger partial charge in [0.2, 0.25) is 5.91 Å². The van der Waals surface area contributed by atoms with Crippen LogP contribution in [-0.4, -0.2) is 21.2 Å². The molecule has 0 fully saturated rings. The molecule has 0 saturated heterocycles. The van der Waals surface area contributed by atoms with E-state index in [4.69, 9.17) is 0 Å². The number of para-hydroxylation sites is 2. The number of amides is 1. The van der Waals surface area contributed by atoms with Gasteiger partial charge in [0, 0.05) is 11.5 Å². The molecule has 25 heavy (non-hydrogen) atoms. The Balaban J connectivity index is 1.54. The van der Waals surface area contributed by atoms with Crippen molar-refractivity contribution in [3.63, 3.8) is 0 Å². The Hall–Kier alpha value is -2.25. The number of imidazole rings is 1. The number of nitrogens with zero attached hydrogens (tertiary/aromatic N) is 2. The number of thioether (sulfide) groups is 1. The summed E-state index contributed by atoms with van der Waals surface area (Å²) in [5.41, 5.74) is 9.01. The number of nitrogens with one attached hydrogen (secondary N) is 2. The molecule has 0 spiro atoms. The third kappa shape index (κ3) is 4.24. The molecule has 2 aromatic carbocycles. The van der Waals surface area contributed by atoms with Crippen molar-refractivity contribution in [3.8, 4) is 0 Å². The van der Waals surface area contributed by atoms with Crippen LogP contribution in [0.15, 0.2) is 64.7 Å². The molecule has 0 radical (unpaired) electrons. The van der Waals surface area contributed by atoms with Crippen LogP contribution in [0.1, 0.15) is 5.56 Å². The molecule has 0 atom stereocenters. The van der Waals surface area contributed by atoms with E-state index in [1.165, 1.54) is 11.8 Å². The highest BCUT2D eigenvalue weighted by Gasteiger charge is 2.10. The lowest BCUT2D eigenvalue weighted by Crippen LogP contribution is -2.37. The van der Waals surface area contributed by atoms with E-state index in [0.29, 0.717) is 5.70 Å². The van der Waals surface area contributed by atoms with E-state index in [1.807, 2.05) is 60.1 Å². The average molecular weight is 417 g/mol. The monoisotopic (exact) mass is 416 g/mol. The second-order valence-electron chi connectivity index (χ2n) is 5.39. The Morgan fingerprint density at radius 2 is 2.04 bits per heavy atom. The molecule has 0 bridgehead atoms. The minimum atomic E-state index is -0.145. The van der Waals surface area contributed by atoms with Gasteiger partial charge in [-0.15, -0.1) is 0 Å². The van der Waals surface area contributed by atoms with Crippen molar-refractivity contribution in [1.29, 1.82) is 0 Å². The zero-order valence-electron chi connectivity index (χ0n) is 13.6. The summed E-state index contributed by atoms with van der Waals surface area (Å²) < 4.78 is 2.94. The maximum atomic E-state index is 12.1. The molecule has 1 heterocycles. The standard InChI is InChI=1S/C18H17BrN4OS/c1-12(13-6-5-7-14(19)10-13)21-22-17(24)11-25-18-20-15-8-3-4-9-16(15)23(18)2/h3-10,21H,1,11H2,2H3,(H,22,24). The van der Waals surface area contributed by atoms with Crippen LogP contribution in [0, 0.1) is 0 Å². The topological polar surface area (TPSA) is 58.9 Å². The zero-order valence-corrected chi connectivity index (χ0v) is 16.0. The van der Waals surface area contributed by atoms with Crippen molar-refractivity contribution in [2.24, 2.45) is 7.05 Å². The molecule has 1 amide bonds. The molecule has 1 aromatic heterocycles. The summed E-state index contributed by atoms with van der Waals surface area (Å²) >= 11 is 4.81. The third-order valence-electron chi connectivity index (χ3n) is 3.60. The number of hydrazine groups is 1. The average Bonchev–Trinajstić information content (AvgIpc) is 2.94. The van der Waals surface area contributed by atoms with E-state index >= 15 is 0 Å². The molecule has 7 heteroatoms. The molecule has 128 valence electrons. The number of aromatic nitrogens is 2. The van der Waals surface area contributed by atoms with Gasteiger partial charge in [-0.05, 0) is 29.8 Å². The van der Waals surface area contributed by atoms with Gasteiger partial charge in [-0.1, -0.05) is 58.5 Å². The first-order valence-electron chi connectivity index (χ1n) is 7.58. The van der Waals surface area contributed by atoms with Gasteiger partial charge in [0.25, 0.3) is 0 Å². The van der Waals surface area contributed by atoms with Crippen molar-refractivity contribution in [2.75, 3.05) is 5.75 Å². The van der Waals surface area contributed by atoms with E-state index in [0.717, 1.165) is 26.2 Å². The fourth-order valence-electron chi connectivity index (χ4n) is 2.31. The van der Waals surface area contributed by atoms with Crippen LogP contribution < -0.4 is 10.9 Å². The second-order valence-corrected chi connectivity index (χ2v) is 7.25. The first kappa shape index (κ1) is 17.6. The van der Waals surface area contributed by atoms with Gasteiger partial charge in [0.05, 0.1) is 22.5 Å². The largest absolute Gasteiger partial charge is 0.322 e. The fraction of sp³-hybridized carbons (Fsp3) is 0.111. The van der Waals surface area contributed by atoms with E-state index in [-0.39, 0.29) is 11.7 Å². The Bertz CT molecular complexity index is 938. The number of benzene rings is 2. The lowest BCUT2D eigenvalue weighted by Gasteiger charge is -2.11. The minimum Gasteiger partial charge on any atom is -0.322 e. The maximum absolute atomic E-state index is 12.1. The lowest BCUT2D eigenvalue weighted by atomic mass is 10.2. The van der Waals surface area contributed by atoms with Crippen LogP contribution in [0.2, 0.25) is 0 Å². The van der Waals surface area contributed by atoms with Crippen molar-refractivity contribution in [2.45, 2.75) is 5.16 Å². The molecule has 0 saturated carbocycles. The summed E-state index contributed by atoms with van der Waals surface area (Å²) in [5, 5.41) is 0.808. The molecule has 0 aliphatic rings. The number of carbonyl (C=O) groups is 1. The smallest absolute Gasteiger partial charge is 0.248 e. The number of aryl methyl sites for hydroxylation is 1. The van der Waals surface area contributed by atoms with Gasteiger partial charge in [-0.3, -0.25) is 15.6 Å². The molecular formula is C18H17BrN4OS. The fourth-order valence-corrected chi connectivity index (χ4v) is 3.50. The Morgan fingerprint density at radius 1 is 1.24 bits per heavy atom. The number of carbonyl (C=O) groups excluding carboxylic acids is 1. The summed E-state index contributed by atoms with van der Waals surface area (Å²) in [6.07, 6.45) is 0. The number of rotatable bonds is 6. The molecule has 0 unspecified atom stereocenters. The first-order valence-corrected chi connectivity index (χ1v) is 9.36. The van der Waals surface area contributed by atoms with Gasteiger partial charge in [-0.25, -0.2) is 4.98 Å². The molecule has 3 rings (SSSR count). The predicted octanol–water partition coefficient (Wildman–Crippen LogP) is 3.72. The van der Waals surface area contributed by atoms with Gasteiger partial charge < -0.3 is 4.57 Å². The highest BCUT2D eigenvalue weighted by molar-refractivity contribution is 9.10. The van der Waals surface area contributed by atoms with Crippen molar-refractivity contribution in [1.82, 2.24) is 20.4 Å². The summed E-state index contributed by atoms with van der Waals surface area (Å²) in [6.45, 7) is 3.93. The van der Waals surface area contributed by atoms with Crippen LogP contribution in [-0.2, 0) is 11.8 Å². The predicted molar refractivity (Wildman–Crippen MR) is 106 cm³/mol. The quantitative estimate of drug-likeness (QED) is 0.474. The molecule has 0 aliphatic carbocycles. The Labute approximate surface area is 158 Å². The van der Waals surface area contributed by atoms with E-state index in [1.54, 1.807) is 0 Å². The van der Waals surface area contributed by atoms with Crippen LogP contribution in [0.4, 0.5) is 0 Å². The van der Waals surface area contributed by atoms with Crippen molar-refractivity contribution in [3.05, 3.63) is 65.1 Å². The Morgan fingerprint density at radius 3 is 2.80 bits per heavy atom. The summed E-state index contributed by atoms with van der Waals surface area (Å²) in [5.74, 6) is 0.115. The first-order chi connectivity index (χ1) is 12.0. The SMILES string of the molecule is C=C(NNC(=O)CSc1nc2ccccc2n1C)c1cccc(Br)c1. The second kappa shape index (κ2) is 7.76. The van der Waals surface area contributed by atoms with Crippen LogP contribution in [0.3, 0.4) is 0 Å². The summed E-state index contributed by atoms with van der Waals surface area (Å²) in [4.78, 5) is 16.6. The van der Waals surface area contributed by atoms with Crippen molar-refractivity contribution >= 4 is 50.3 Å². The van der Waals surface area contributed by atoms with Crippen LogP contribution >= 0.6 is 27.7 Å². The molecule has 3 aromatic rings. The normalized spacial score (nSPS) is 10.6. The van der Waals surface area contributed by atoms with Crippen LogP contribution in [0.5, 0.6) is 0 Å². The summed E-state index contributed by atoms with van der Waals surface area (Å²) in [6, 6.07) is 15.6. The molecule has 0 aliphatic heterocycles. The van der Waals surface area contributed by atoms with Crippen LogP contribution in [0.25, 0.3) is 16.7 Å². The minimum absolute atomic E-state index is 0.145.